The summed E-state index contributed by atoms with van der Waals surface area (Å²) < 4.78 is 25.7. The van der Waals surface area contributed by atoms with E-state index >= 15 is 0 Å². The number of imidazole rings is 1. The minimum Gasteiger partial charge on any atom is -0.478 e. The number of carbonyl (C=O) groups is 1. The molecule has 3 N–H and O–H groups in total. The van der Waals surface area contributed by atoms with E-state index in [4.69, 9.17) is 5.11 Å². The highest BCUT2D eigenvalue weighted by atomic mass is 32.2. The number of rotatable bonds is 4. The molecule has 0 amide bonds. The van der Waals surface area contributed by atoms with Gasteiger partial charge in [-0.25, -0.2) is 14.8 Å². The second-order valence-electron chi connectivity index (χ2n) is 3.26. The Bertz CT molecular complexity index is 648. The van der Waals surface area contributed by atoms with Crippen molar-refractivity contribution in [1.29, 1.82) is 0 Å². The van der Waals surface area contributed by atoms with Gasteiger partial charge in [0.1, 0.15) is 5.82 Å². The van der Waals surface area contributed by atoms with E-state index in [2.05, 4.69) is 19.7 Å². The number of carboxylic acid groups (broad SMARTS) is 1. The van der Waals surface area contributed by atoms with Crippen molar-refractivity contribution in [3.63, 3.8) is 0 Å². The Morgan fingerprint density at radius 3 is 2.61 bits per heavy atom. The van der Waals surface area contributed by atoms with E-state index in [0.717, 1.165) is 12.4 Å². The second-order valence-corrected chi connectivity index (χ2v) is 4.91. The van der Waals surface area contributed by atoms with Crippen molar-refractivity contribution in [2.75, 3.05) is 4.72 Å². The Morgan fingerprint density at radius 1 is 1.33 bits per heavy atom. The molecule has 94 valence electrons. The van der Waals surface area contributed by atoms with Gasteiger partial charge in [-0.2, -0.15) is 8.42 Å². The molecule has 2 heterocycles. The summed E-state index contributed by atoms with van der Waals surface area (Å²) in [4.78, 5) is 20.3. The average Bonchev–Trinajstić information content (AvgIpc) is 2.83. The van der Waals surface area contributed by atoms with Crippen molar-refractivity contribution in [1.82, 2.24) is 15.0 Å². The van der Waals surface area contributed by atoms with E-state index < -0.39 is 16.0 Å². The van der Waals surface area contributed by atoms with Crippen LogP contribution < -0.4 is 4.72 Å². The SMILES string of the molecule is O=C(O)c1ccc(NS(=O)(=O)c2cnc[nH]2)nc1. The van der Waals surface area contributed by atoms with Crippen molar-refractivity contribution in [3.05, 3.63) is 36.4 Å². The van der Waals surface area contributed by atoms with Gasteiger partial charge in [-0.3, -0.25) is 4.72 Å². The van der Waals surface area contributed by atoms with Crippen molar-refractivity contribution in [3.8, 4) is 0 Å². The number of nitrogens with one attached hydrogen (secondary N) is 2. The monoisotopic (exact) mass is 268 g/mol. The number of nitrogens with zero attached hydrogens (tertiary/aromatic N) is 2. The van der Waals surface area contributed by atoms with Crippen LogP contribution in [0.2, 0.25) is 0 Å². The lowest BCUT2D eigenvalue weighted by atomic mass is 10.3. The minimum absolute atomic E-state index is 0.0228. The molecular weight excluding hydrogens is 260 g/mol. The summed E-state index contributed by atoms with van der Waals surface area (Å²) in [7, 11) is -3.78. The molecule has 2 aromatic heterocycles. The van der Waals surface area contributed by atoms with Gasteiger partial charge in [-0.1, -0.05) is 0 Å². The van der Waals surface area contributed by atoms with Crippen LogP contribution in [0.15, 0.2) is 35.9 Å². The third kappa shape index (κ3) is 2.46. The summed E-state index contributed by atoms with van der Waals surface area (Å²) in [6, 6.07) is 2.51. The van der Waals surface area contributed by atoms with Crippen LogP contribution in [0.3, 0.4) is 0 Å². The van der Waals surface area contributed by atoms with Gasteiger partial charge in [0.15, 0.2) is 5.03 Å². The molecule has 0 radical (unpaired) electrons. The zero-order valence-electron chi connectivity index (χ0n) is 8.86. The first-order valence-corrected chi connectivity index (χ1v) is 6.18. The van der Waals surface area contributed by atoms with Crippen LogP contribution in [0.25, 0.3) is 0 Å². The van der Waals surface area contributed by atoms with E-state index in [1.165, 1.54) is 18.5 Å². The topological polar surface area (TPSA) is 125 Å². The molecular formula is C9H8N4O4S. The molecule has 0 bridgehead atoms. The van der Waals surface area contributed by atoms with E-state index in [9.17, 15) is 13.2 Å². The van der Waals surface area contributed by atoms with Crippen LogP contribution in [0.5, 0.6) is 0 Å². The Balaban J connectivity index is 2.22. The van der Waals surface area contributed by atoms with Crippen molar-refractivity contribution in [2.24, 2.45) is 0 Å². The molecule has 0 unspecified atom stereocenters. The lowest BCUT2D eigenvalue weighted by molar-refractivity contribution is 0.0696. The molecule has 0 spiro atoms. The maximum Gasteiger partial charge on any atom is 0.337 e. The minimum atomic E-state index is -3.78. The molecule has 0 atom stereocenters. The Hall–Kier alpha value is -2.42. The molecule has 2 rings (SSSR count). The summed E-state index contributed by atoms with van der Waals surface area (Å²) >= 11 is 0. The fourth-order valence-corrected chi connectivity index (χ4v) is 2.08. The van der Waals surface area contributed by atoms with Gasteiger partial charge in [0.25, 0.3) is 10.0 Å². The molecule has 0 fully saturated rings. The number of pyridine rings is 1. The quantitative estimate of drug-likeness (QED) is 0.732. The number of aromatic amines is 1. The van der Waals surface area contributed by atoms with E-state index in [1.807, 2.05) is 0 Å². The number of hydrogen-bond donors (Lipinski definition) is 3. The molecule has 0 aromatic carbocycles. The number of aromatic carboxylic acids is 1. The van der Waals surface area contributed by atoms with E-state index in [-0.39, 0.29) is 16.4 Å². The molecule has 2 aromatic rings. The Labute approximate surface area is 102 Å². The van der Waals surface area contributed by atoms with Crippen molar-refractivity contribution in [2.45, 2.75) is 5.03 Å². The lowest BCUT2D eigenvalue weighted by Crippen LogP contribution is -2.14. The zero-order valence-corrected chi connectivity index (χ0v) is 9.68. The highest BCUT2D eigenvalue weighted by Crippen LogP contribution is 2.11. The van der Waals surface area contributed by atoms with Crippen molar-refractivity contribution >= 4 is 21.8 Å². The predicted octanol–water partition coefficient (Wildman–Crippen LogP) is 0.304. The van der Waals surface area contributed by atoms with Crippen LogP contribution in [0.1, 0.15) is 10.4 Å². The molecule has 8 nitrogen and oxygen atoms in total. The summed E-state index contributed by atoms with van der Waals surface area (Å²) in [5.74, 6) is -1.11. The number of carboxylic acids is 1. The standard InChI is InChI=1S/C9H8N4O4S/c14-9(15)6-1-2-7(11-3-6)13-18(16,17)8-4-10-5-12-8/h1-5H,(H,10,12)(H,11,13)(H,14,15). The van der Waals surface area contributed by atoms with Gasteiger partial charge in [-0.05, 0) is 12.1 Å². The van der Waals surface area contributed by atoms with E-state index in [0.29, 0.717) is 0 Å². The molecule has 0 saturated heterocycles. The van der Waals surface area contributed by atoms with Crippen LogP contribution in [0.4, 0.5) is 5.82 Å². The highest BCUT2D eigenvalue weighted by Gasteiger charge is 2.16. The van der Waals surface area contributed by atoms with E-state index in [1.54, 1.807) is 0 Å². The molecule has 0 aliphatic carbocycles. The first-order valence-electron chi connectivity index (χ1n) is 4.69. The van der Waals surface area contributed by atoms with Gasteiger partial charge in [-0.15, -0.1) is 0 Å². The van der Waals surface area contributed by atoms with Gasteiger partial charge in [0.2, 0.25) is 0 Å². The smallest absolute Gasteiger partial charge is 0.337 e. The summed E-state index contributed by atoms with van der Waals surface area (Å²) in [6.07, 6.45) is 3.44. The van der Waals surface area contributed by atoms with Crippen LogP contribution in [-0.4, -0.2) is 34.4 Å². The molecule has 9 heteroatoms. The Morgan fingerprint density at radius 2 is 2.11 bits per heavy atom. The van der Waals surface area contributed by atoms with Gasteiger partial charge in [0, 0.05) is 6.20 Å². The highest BCUT2D eigenvalue weighted by molar-refractivity contribution is 7.92. The summed E-state index contributed by atoms with van der Waals surface area (Å²) in [5.41, 5.74) is -0.0283. The summed E-state index contributed by atoms with van der Waals surface area (Å²) in [6.45, 7) is 0. The molecule has 0 aliphatic rings. The normalized spacial score (nSPS) is 11.1. The second kappa shape index (κ2) is 4.45. The van der Waals surface area contributed by atoms with Crippen molar-refractivity contribution < 1.29 is 18.3 Å². The van der Waals surface area contributed by atoms with Crippen LogP contribution in [-0.2, 0) is 10.0 Å². The van der Waals surface area contributed by atoms with Crippen LogP contribution in [0, 0.1) is 0 Å². The van der Waals surface area contributed by atoms with Gasteiger partial charge in [0.05, 0.1) is 18.1 Å². The predicted molar refractivity (Wildman–Crippen MR) is 60.6 cm³/mol. The van der Waals surface area contributed by atoms with Crippen LogP contribution >= 0.6 is 0 Å². The molecule has 18 heavy (non-hydrogen) atoms. The lowest BCUT2D eigenvalue weighted by Gasteiger charge is -2.04. The largest absolute Gasteiger partial charge is 0.478 e. The number of sulfonamides is 1. The van der Waals surface area contributed by atoms with Gasteiger partial charge >= 0.3 is 5.97 Å². The number of H-pyrrole nitrogens is 1. The molecule has 0 aliphatic heterocycles. The maximum atomic E-state index is 11.7. The molecule has 0 saturated carbocycles. The number of anilines is 1. The fourth-order valence-electron chi connectivity index (χ4n) is 1.16. The number of aromatic nitrogens is 3. The fraction of sp³-hybridized carbons (Fsp3) is 0. The van der Waals surface area contributed by atoms with Gasteiger partial charge < -0.3 is 10.1 Å². The Kier molecular flexibility index (Phi) is 2.98. The average molecular weight is 268 g/mol. The summed E-state index contributed by atoms with van der Waals surface area (Å²) in [5, 5.41) is 8.56. The third-order valence-electron chi connectivity index (χ3n) is 2.01. The zero-order chi connectivity index (χ0) is 13.2. The maximum absolute atomic E-state index is 11.7. The number of hydrogen-bond acceptors (Lipinski definition) is 5. The third-order valence-corrected chi connectivity index (χ3v) is 3.29. The first-order chi connectivity index (χ1) is 8.49. The first kappa shape index (κ1) is 12.0.